The molecule has 1 heterocycles. The van der Waals surface area contributed by atoms with Gasteiger partial charge in [0, 0.05) is 25.2 Å². The molecule has 2 atom stereocenters. The van der Waals surface area contributed by atoms with Crippen LogP contribution in [0.2, 0.25) is 0 Å². The van der Waals surface area contributed by atoms with Crippen molar-refractivity contribution in [2.24, 2.45) is 0 Å². The highest BCUT2D eigenvalue weighted by Gasteiger charge is 2.37. The number of amides is 1. The Morgan fingerprint density at radius 1 is 1.38 bits per heavy atom. The highest BCUT2D eigenvalue weighted by Crippen LogP contribution is 2.22. The second kappa shape index (κ2) is 7.77. The van der Waals surface area contributed by atoms with Crippen LogP contribution >= 0.6 is 0 Å². The second-order valence-corrected chi connectivity index (χ2v) is 6.73. The Morgan fingerprint density at radius 3 is 2.62 bits per heavy atom. The molecule has 1 N–H and O–H groups in total. The first-order valence-electron chi connectivity index (χ1n) is 8.15. The standard InChI is InChI=1S/C18H26N2O4/c1-13-11-20(12-18(2,3)24-13)15(17(22)23-4)10-19-16(21)14-8-6-5-7-9-14/h5-9,13,15H,10-12H2,1-4H3,(H,19,21)/t13-,15-/m1/s1. The Labute approximate surface area is 143 Å². The first-order valence-corrected chi connectivity index (χ1v) is 8.15. The first kappa shape index (κ1) is 18.4. The Bertz CT molecular complexity index is 574. The minimum Gasteiger partial charge on any atom is -0.468 e. The average Bonchev–Trinajstić information content (AvgIpc) is 2.53. The van der Waals surface area contributed by atoms with Gasteiger partial charge in [0.15, 0.2) is 0 Å². The molecule has 1 aliphatic rings. The number of nitrogens with zero attached hydrogens (tertiary/aromatic N) is 1. The van der Waals surface area contributed by atoms with Gasteiger partial charge in [0.05, 0.1) is 18.8 Å². The number of benzene rings is 1. The summed E-state index contributed by atoms with van der Waals surface area (Å²) in [5, 5.41) is 2.83. The number of morpholine rings is 1. The van der Waals surface area contributed by atoms with Gasteiger partial charge in [0.25, 0.3) is 5.91 Å². The van der Waals surface area contributed by atoms with Crippen LogP contribution in [0.4, 0.5) is 0 Å². The van der Waals surface area contributed by atoms with Gasteiger partial charge in [-0.1, -0.05) is 18.2 Å². The molecule has 1 saturated heterocycles. The molecule has 1 aliphatic heterocycles. The van der Waals surface area contributed by atoms with Gasteiger partial charge in [-0.15, -0.1) is 0 Å². The van der Waals surface area contributed by atoms with Gasteiger partial charge in [-0.25, -0.2) is 0 Å². The van der Waals surface area contributed by atoms with Crippen LogP contribution in [0.1, 0.15) is 31.1 Å². The highest BCUT2D eigenvalue weighted by atomic mass is 16.5. The van der Waals surface area contributed by atoms with E-state index in [1.54, 1.807) is 24.3 Å². The molecule has 132 valence electrons. The molecule has 2 rings (SSSR count). The van der Waals surface area contributed by atoms with Crippen LogP contribution in [0.25, 0.3) is 0 Å². The predicted octanol–water partition coefficient (Wildman–Crippen LogP) is 1.46. The minimum atomic E-state index is -0.534. The Morgan fingerprint density at radius 2 is 2.04 bits per heavy atom. The predicted molar refractivity (Wildman–Crippen MR) is 90.8 cm³/mol. The summed E-state index contributed by atoms with van der Waals surface area (Å²) < 4.78 is 10.8. The van der Waals surface area contributed by atoms with Crippen LogP contribution in [0.3, 0.4) is 0 Å². The molecule has 6 nitrogen and oxygen atoms in total. The minimum absolute atomic E-state index is 0.00531. The lowest BCUT2D eigenvalue weighted by molar-refractivity contribution is -0.162. The molecule has 24 heavy (non-hydrogen) atoms. The lowest BCUT2D eigenvalue weighted by atomic mass is 10.0. The number of rotatable bonds is 5. The van der Waals surface area contributed by atoms with Crippen molar-refractivity contribution in [3.8, 4) is 0 Å². The molecule has 1 fully saturated rings. The third kappa shape index (κ3) is 4.79. The molecular weight excluding hydrogens is 308 g/mol. The zero-order chi connectivity index (χ0) is 17.7. The molecule has 1 amide bonds. The molecule has 0 unspecified atom stereocenters. The van der Waals surface area contributed by atoms with Crippen molar-refractivity contribution < 1.29 is 19.1 Å². The maximum atomic E-state index is 12.2. The van der Waals surface area contributed by atoms with Crippen LogP contribution in [-0.2, 0) is 14.3 Å². The molecule has 0 spiro atoms. The average molecular weight is 334 g/mol. The quantitative estimate of drug-likeness (QED) is 0.826. The molecule has 1 aromatic carbocycles. The van der Waals surface area contributed by atoms with Crippen LogP contribution in [0.15, 0.2) is 30.3 Å². The molecule has 0 radical (unpaired) electrons. The number of hydrogen-bond acceptors (Lipinski definition) is 5. The summed E-state index contributed by atoms with van der Waals surface area (Å²) in [6.45, 7) is 7.37. The van der Waals surface area contributed by atoms with E-state index in [0.717, 1.165) is 0 Å². The van der Waals surface area contributed by atoms with Crippen molar-refractivity contribution in [3.05, 3.63) is 35.9 Å². The number of nitrogens with one attached hydrogen (secondary N) is 1. The van der Waals surface area contributed by atoms with E-state index in [-0.39, 0.29) is 30.1 Å². The topological polar surface area (TPSA) is 67.9 Å². The van der Waals surface area contributed by atoms with Gasteiger partial charge in [0.1, 0.15) is 6.04 Å². The van der Waals surface area contributed by atoms with E-state index in [1.165, 1.54) is 7.11 Å². The fourth-order valence-corrected chi connectivity index (χ4v) is 3.12. The summed E-state index contributed by atoms with van der Waals surface area (Å²) in [6.07, 6.45) is 0.00531. The monoisotopic (exact) mass is 334 g/mol. The van der Waals surface area contributed by atoms with Crippen molar-refractivity contribution in [2.45, 2.75) is 38.5 Å². The van der Waals surface area contributed by atoms with E-state index in [2.05, 4.69) is 5.32 Å². The van der Waals surface area contributed by atoms with Gasteiger partial charge >= 0.3 is 5.97 Å². The van der Waals surface area contributed by atoms with Crippen LogP contribution in [0.5, 0.6) is 0 Å². The lowest BCUT2D eigenvalue weighted by Gasteiger charge is -2.44. The number of ether oxygens (including phenoxy) is 2. The molecular formula is C18H26N2O4. The molecule has 0 aliphatic carbocycles. The SMILES string of the molecule is COC(=O)[C@@H](CNC(=O)c1ccccc1)N1C[C@@H](C)OC(C)(C)C1. The maximum absolute atomic E-state index is 12.2. The zero-order valence-electron chi connectivity index (χ0n) is 14.7. The van der Waals surface area contributed by atoms with Crippen molar-refractivity contribution in [1.82, 2.24) is 10.2 Å². The van der Waals surface area contributed by atoms with E-state index >= 15 is 0 Å². The third-order valence-corrected chi connectivity index (χ3v) is 4.00. The summed E-state index contributed by atoms with van der Waals surface area (Å²) in [4.78, 5) is 26.5. The second-order valence-electron chi connectivity index (χ2n) is 6.73. The normalized spacial score (nSPS) is 21.8. The van der Waals surface area contributed by atoms with Crippen molar-refractivity contribution >= 4 is 11.9 Å². The zero-order valence-corrected chi connectivity index (χ0v) is 14.7. The van der Waals surface area contributed by atoms with E-state index in [0.29, 0.717) is 18.7 Å². The van der Waals surface area contributed by atoms with Gasteiger partial charge < -0.3 is 14.8 Å². The van der Waals surface area contributed by atoms with Crippen molar-refractivity contribution in [2.75, 3.05) is 26.7 Å². The number of carbonyl (C=O) groups is 2. The van der Waals surface area contributed by atoms with E-state index < -0.39 is 6.04 Å². The van der Waals surface area contributed by atoms with Crippen LogP contribution in [0, 0.1) is 0 Å². The maximum Gasteiger partial charge on any atom is 0.324 e. The molecule has 0 bridgehead atoms. The van der Waals surface area contributed by atoms with Gasteiger partial charge in [0.2, 0.25) is 0 Å². The van der Waals surface area contributed by atoms with Crippen molar-refractivity contribution in [1.29, 1.82) is 0 Å². The smallest absolute Gasteiger partial charge is 0.324 e. The van der Waals surface area contributed by atoms with Crippen LogP contribution in [-0.4, -0.2) is 61.3 Å². The first-order chi connectivity index (χ1) is 11.3. The lowest BCUT2D eigenvalue weighted by Crippen LogP contribution is -2.59. The largest absolute Gasteiger partial charge is 0.468 e. The number of hydrogen-bond donors (Lipinski definition) is 1. The molecule has 0 aromatic heterocycles. The number of carbonyl (C=O) groups excluding carboxylic acids is 2. The molecule has 0 saturated carbocycles. The molecule has 1 aromatic rings. The third-order valence-electron chi connectivity index (χ3n) is 4.00. The number of esters is 1. The van der Waals surface area contributed by atoms with Gasteiger partial charge in [-0.2, -0.15) is 0 Å². The van der Waals surface area contributed by atoms with Crippen LogP contribution < -0.4 is 5.32 Å². The number of methoxy groups -OCH3 is 1. The summed E-state index contributed by atoms with van der Waals surface area (Å²) >= 11 is 0. The van der Waals surface area contributed by atoms with Gasteiger partial charge in [-0.05, 0) is 32.9 Å². The Kier molecular flexibility index (Phi) is 5.96. The van der Waals surface area contributed by atoms with E-state index in [4.69, 9.17) is 9.47 Å². The van der Waals surface area contributed by atoms with Gasteiger partial charge in [-0.3, -0.25) is 14.5 Å². The van der Waals surface area contributed by atoms with Crippen molar-refractivity contribution in [3.63, 3.8) is 0 Å². The summed E-state index contributed by atoms with van der Waals surface area (Å²) in [6, 6.07) is 8.40. The van der Waals surface area contributed by atoms with E-state index in [9.17, 15) is 9.59 Å². The Balaban J connectivity index is 2.06. The highest BCUT2D eigenvalue weighted by molar-refractivity contribution is 5.94. The summed E-state index contributed by atoms with van der Waals surface area (Å²) in [5.74, 6) is -0.557. The molecule has 6 heteroatoms. The van der Waals surface area contributed by atoms with E-state index in [1.807, 2.05) is 31.7 Å². The summed E-state index contributed by atoms with van der Waals surface area (Å²) in [7, 11) is 1.36. The summed E-state index contributed by atoms with van der Waals surface area (Å²) in [5.41, 5.74) is 0.213. The fraction of sp³-hybridized carbons (Fsp3) is 0.556. The fourth-order valence-electron chi connectivity index (χ4n) is 3.12. The Hall–Kier alpha value is -1.92.